The van der Waals surface area contributed by atoms with Crippen LogP contribution in [-0.4, -0.2) is 54.2 Å². The van der Waals surface area contributed by atoms with E-state index in [1.54, 1.807) is 0 Å². The molecule has 2 saturated heterocycles. The van der Waals surface area contributed by atoms with Gasteiger partial charge in [-0.1, -0.05) is 30.9 Å². The minimum atomic E-state index is -3.83. The Hall–Kier alpha value is -2.17. The first-order chi connectivity index (χ1) is 14.2. The highest BCUT2D eigenvalue weighted by atomic mass is 35.5. The molecule has 162 valence electrons. The predicted molar refractivity (Wildman–Crippen MR) is 108 cm³/mol. The summed E-state index contributed by atoms with van der Waals surface area (Å²) in [5, 5.41) is 3.41. The number of carbonyl (C=O) groups is 3. The van der Waals surface area contributed by atoms with E-state index < -0.39 is 33.4 Å². The number of benzene rings is 1. The molecule has 3 aliphatic rings. The highest BCUT2D eigenvalue weighted by molar-refractivity contribution is 7.89. The third-order valence-corrected chi connectivity index (χ3v) is 8.34. The van der Waals surface area contributed by atoms with Gasteiger partial charge in [0.25, 0.3) is 11.8 Å². The Kier molecular flexibility index (Phi) is 5.50. The van der Waals surface area contributed by atoms with Crippen molar-refractivity contribution in [3.05, 3.63) is 28.8 Å². The Balaban J connectivity index is 1.56. The molecule has 2 heterocycles. The normalized spacial score (nSPS) is 21.8. The van der Waals surface area contributed by atoms with E-state index in [1.807, 2.05) is 0 Å². The maximum Gasteiger partial charge on any atom is 0.344 e. The van der Waals surface area contributed by atoms with Gasteiger partial charge in [0.2, 0.25) is 10.0 Å². The van der Waals surface area contributed by atoms with Crippen LogP contribution in [0.15, 0.2) is 23.1 Å². The number of hydrogen-bond donors (Lipinski definition) is 2. The maximum atomic E-state index is 12.9. The van der Waals surface area contributed by atoms with E-state index in [4.69, 9.17) is 11.6 Å². The molecular formula is C19H23ClN4O5S. The van der Waals surface area contributed by atoms with Gasteiger partial charge < -0.3 is 5.32 Å². The lowest BCUT2D eigenvalue weighted by atomic mass is 9.82. The zero-order valence-corrected chi connectivity index (χ0v) is 17.9. The second kappa shape index (κ2) is 7.82. The number of nitrogens with zero attached hydrogens (tertiary/aromatic N) is 2. The van der Waals surface area contributed by atoms with Crippen molar-refractivity contribution in [2.75, 3.05) is 13.1 Å². The number of urea groups is 1. The molecule has 1 spiro atoms. The van der Waals surface area contributed by atoms with E-state index in [1.165, 1.54) is 22.5 Å². The molecule has 0 unspecified atom stereocenters. The fraction of sp³-hybridized carbons (Fsp3) is 0.526. The Morgan fingerprint density at radius 2 is 1.73 bits per heavy atom. The summed E-state index contributed by atoms with van der Waals surface area (Å²) in [6.07, 6.45) is 5.24. The van der Waals surface area contributed by atoms with Gasteiger partial charge in [-0.05, 0) is 43.9 Å². The Bertz CT molecular complexity index is 1000. The fourth-order valence-corrected chi connectivity index (χ4v) is 6.31. The molecule has 4 rings (SSSR count). The van der Waals surface area contributed by atoms with Gasteiger partial charge in [-0.25, -0.2) is 13.2 Å². The van der Waals surface area contributed by atoms with Crippen LogP contribution in [0.3, 0.4) is 0 Å². The standard InChI is InChI=1S/C19H23ClN4O5S/c20-14-7-6-13(12-15(14)30(28,29)23-10-4-5-11-23)16(25)22-24-17(26)19(21-18(24)27)8-2-1-3-9-19/h6-7,12H,1-5,8-11H2,(H,21,27)(H,22,25). The third kappa shape index (κ3) is 3.57. The molecule has 1 aromatic carbocycles. The number of nitrogens with one attached hydrogen (secondary N) is 2. The SMILES string of the molecule is O=C(NN1C(=O)NC2(CCCCC2)C1=O)c1ccc(Cl)c(S(=O)(=O)N2CCCC2)c1. The summed E-state index contributed by atoms with van der Waals surface area (Å²) in [6.45, 7) is 0.805. The Morgan fingerprint density at radius 1 is 1.07 bits per heavy atom. The number of rotatable bonds is 4. The quantitative estimate of drug-likeness (QED) is 0.675. The minimum absolute atomic E-state index is 0.00889. The van der Waals surface area contributed by atoms with E-state index in [9.17, 15) is 22.8 Å². The first kappa shape index (κ1) is 21.1. The number of imide groups is 1. The molecule has 3 fully saturated rings. The van der Waals surface area contributed by atoms with Crippen molar-refractivity contribution in [2.24, 2.45) is 0 Å². The van der Waals surface area contributed by atoms with Gasteiger partial charge in [0.1, 0.15) is 10.4 Å². The molecule has 0 radical (unpaired) electrons. The smallest absolute Gasteiger partial charge is 0.322 e. The molecule has 30 heavy (non-hydrogen) atoms. The van der Waals surface area contributed by atoms with Crippen molar-refractivity contribution in [2.45, 2.75) is 55.4 Å². The number of amides is 4. The average Bonchev–Trinajstić information content (AvgIpc) is 3.34. The average molecular weight is 455 g/mol. The van der Waals surface area contributed by atoms with Gasteiger partial charge >= 0.3 is 6.03 Å². The summed E-state index contributed by atoms with van der Waals surface area (Å²) in [4.78, 5) is 37.7. The van der Waals surface area contributed by atoms with Crippen LogP contribution in [0.1, 0.15) is 55.3 Å². The van der Waals surface area contributed by atoms with E-state index in [0.29, 0.717) is 30.9 Å². The summed E-state index contributed by atoms with van der Waals surface area (Å²) in [6, 6.07) is 3.18. The lowest BCUT2D eigenvalue weighted by Gasteiger charge is -2.30. The van der Waals surface area contributed by atoms with Crippen molar-refractivity contribution in [3.63, 3.8) is 0 Å². The van der Waals surface area contributed by atoms with Crippen molar-refractivity contribution < 1.29 is 22.8 Å². The molecule has 2 aliphatic heterocycles. The molecule has 1 aromatic rings. The van der Waals surface area contributed by atoms with Crippen molar-refractivity contribution in [3.8, 4) is 0 Å². The Morgan fingerprint density at radius 3 is 2.40 bits per heavy atom. The lowest BCUT2D eigenvalue weighted by molar-refractivity contribution is -0.134. The van der Waals surface area contributed by atoms with Crippen LogP contribution in [0.2, 0.25) is 5.02 Å². The molecule has 9 nitrogen and oxygen atoms in total. The number of hydrogen-bond acceptors (Lipinski definition) is 5. The molecule has 11 heteroatoms. The van der Waals surface area contributed by atoms with Crippen LogP contribution in [0.4, 0.5) is 4.79 Å². The number of sulfonamides is 1. The van der Waals surface area contributed by atoms with Crippen LogP contribution >= 0.6 is 11.6 Å². The second-order valence-corrected chi connectivity index (χ2v) is 10.2. The maximum absolute atomic E-state index is 12.9. The second-order valence-electron chi connectivity index (χ2n) is 7.91. The fourth-order valence-electron chi connectivity index (χ4n) is 4.29. The molecular weight excluding hydrogens is 432 g/mol. The van der Waals surface area contributed by atoms with Crippen molar-refractivity contribution >= 4 is 39.5 Å². The first-order valence-electron chi connectivity index (χ1n) is 10.0. The molecule has 1 aliphatic carbocycles. The molecule has 4 amide bonds. The highest BCUT2D eigenvalue weighted by Gasteiger charge is 2.52. The van der Waals surface area contributed by atoms with Gasteiger partial charge in [-0.15, -0.1) is 0 Å². The van der Waals surface area contributed by atoms with Crippen LogP contribution in [0, 0.1) is 0 Å². The predicted octanol–water partition coefficient (Wildman–Crippen LogP) is 2.02. The summed E-state index contributed by atoms with van der Waals surface area (Å²) >= 11 is 6.11. The Labute approximate surface area is 179 Å². The van der Waals surface area contributed by atoms with Gasteiger partial charge in [0, 0.05) is 18.7 Å². The zero-order chi connectivity index (χ0) is 21.5. The molecule has 1 saturated carbocycles. The van der Waals surface area contributed by atoms with Crippen molar-refractivity contribution in [1.82, 2.24) is 20.1 Å². The molecule has 0 bridgehead atoms. The van der Waals surface area contributed by atoms with Crippen LogP contribution in [-0.2, 0) is 14.8 Å². The highest BCUT2D eigenvalue weighted by Crippen LogP contribution is 2.33. The van der Waals surface area contributed by atoms with Gasteiger partial charge in [-0.2, -0.15) is 9.31 Å². The first-order valence-corrected chi connectivity index (χ1v) is 11.8. The summed E-state index contributed by atoms with van der Waals surface area (Å²) in [5.74, 6) is -1.25. The third-order valence-electron chi connectivity index (χ3n) is 5.96. The largest absolute Gasteiger partial charge is 0.344 e. The van der Waals surface area contributed by atoms with Gasteiger partial charge in [-0.3, -0.25) is 15.0 Å². The molecule has 2 N–H and O–H groups in total. The number of carbonyl (C=O) groups excluding carboxylic acids is 3. The van der Waals surface area contributed by atoms with Gasteiger partial charge in [0.15, 0.2) is 0 Å². The van der Waals surface area contributed by atoms with E-state index >= 15 is 0 Å². The molecule has 0 aromatic heterocycles. The van der Waals surface area contributed by atoms with E-state index in [0.717, 1.165) is 32.1 Å². The monoisotopic (exact) mass is 454 g/mol. The topological polar surface area (TPSA) is 116 Å². The van der Waals surface area contributed by atoms with E-state index in [2.05, 4.69) is 10.7 Å². The van der Waals surface area contributed by atoms with E-state index in [-0.39, 0.29) is 15.5 Å². The number of hydrazine groups is 1. The number of halogens is 1. The van der Waals surface area contributed by atoms with Crippen molar-refractivity contribution in [1.29, 1.82) is 0 Å². The van der Waals surface area contributed by atoms with Gasteiger partial charge in [0.05, 0.1) is 5.02 Å². The van der Waals surface area contributed by atoms with Crippen LogP contribution in [0.25, 0.3) is 0 Å². The van der Waals surface area contributed by atoms with Crippen LogP contribution in [0.5, 0.6) is 0 Å². The zero-order valence-electron chi connectivity index (χ0n) is 16.3. The summed E-state index contributed by atoms with van der Waals surface area (Å²) in [7, 11) is -3.83. The lowest BCUT2D eigenvalue weighted by Crippen LogP contribution is -2.50. The molecule has 0 atom stereocenters. The van der Waals surface area contributed by atoms with Crippen LogP contribution < -0.4 is 10.7 Å². The minimum Gasteiger partial charge on any atom is -0.322 e. The summed E-state index contributed by atoms with van der Waals surface area (Å²) < 4.78 is 27.1. The summed E-state index contributed by atoms with van der Waals surface area (Å²) in [5.41, 5.74) is 1.34.